The van der Waals surface area contributed by atoms with Gasteiger partial charge in [-0.3, -0.25) is 4.72 Å². The molecular formula is C15H14ClNO4S. The third kappa shape index (κ3) is 3.58. The molecule has 0 aromatic heterocycles. The molecule has 0 spiro atoms. The van der Waals surface area contributed by atoms with Crippen LogP contribution in [0.5, 0.6) is 0 Å². The Labute approximate surface area is 133 Å². The Hall–Kier alpha value is -2.05. The fourth-order valence-corrected chi connectivity index (χ4v) is 3.23. The number of rotatable bonds is 4. The van der Waals surface area contributed by atoms with Crippen molar-refractivity contribution in [3.8, 4) is 0 Å². The van der Waals surface area contributed by atoms with E-state index in [1.54, 1.807) is 19.1 Å². The predicted molar refractivity (Wildman–Crippen MR) is 84.8 cm³/mol. The molecule has 5 nitrogen and oxygen atoms in total. The Balaban J connectivity index is 2.44. The molecule has 0 unspecified atom stereocenters. The number of benzene rings is 2. The van der Waals surface area contributed by atoms with Gasteiger partial charge in [-0.25, -0.2) is 13.2 Å². The molecule has 0 bridgehead atoms. The van der Waals surface area contributed by atoms with Gasteiger partial charge in [-0.2, -0.15) is 0 Å². The van der Waals surface area contributed by atoms with E-state index in [4.69, 9.17) is 11.6 Å². The highest BCUT2D eigenvalue weighted by molar-refractivity contribution is 7.92. The van der Waals surface area contributed by atoms with Gasteiger partial charge in [0.25, 0.3) is 10.0 Å². The number of carbonyl (C=O) groups is 1. The van der Waals surface area contributed by atoms with Crippen LogP contribution in [0.15, 0.2) is 47.4 Å². The van der Waals surface area contributed by atoms with Crippen LogP contribution in [-0.4, -0.2) is 21.5 Å². The van der Waals surface area contributed by atoms with E-state index in [0.717, 1.165) is 5.56 Å². The lowest BCUT2D eigenvalue weighted by Crippen LogP contribution is -2.16. The zero-order chi connectivity index (χ0) is 16.3. The first kappa shape index (κ1) is 16.3. The average molecular weight is 340 g/mol. The van der Waals surface area contributed by atoms with Crippen LogP contribution in [0.3, 0.4) is 0 Å². The van der Waals surface area contributed by atoms with Crippen molar-refractivity contribution in [1.82, 2.24) is 0 Å². The highest BCUT2D eigenvalue weighted by Crippen LogP contribution is 2.24. The van der Waals surface area contributed by atoms with Gasteiger partial charge in [0.1, 0.15) is 0 Å². The van der Waals surface area contributed by atoms with Crippen molar-refractivity contribution in [2.45, 2.75) is 11.8 Å². The molecule has 0 atom stereocenters. The first-order valence-electron chi connectivity index (χ1n) is 6.31. The second-order valence-corrected chi connectivity index (χ2v) is 6.72. The summed E-state index contributed by atoms with van der Waals surface area (Å²) in [5.74, 6) is -0.676. The van der Waals surface area contributed by atoms with Crippen LogP contribution in [0.4, 0.5) is 5.69 Å². The normalized spacial score (nSPS) is 11.0. The molecule has 0 amide bonds. The SMILES string of the molecule is COC(=O)c1cc(Cl)ccc1NS(=O)(=O)c1cccc(C)c1. The van der Waals surface area contributed by atoms with Crippen molar-refractivity contribution in [2.75, 3.05) is 11.8 Å². The number of nitrogens with one attached hydrogen (secondary N) is 1. The molecule has 0 heterocycles. The summed E-state index contributed by atoms with van der Waals surface area (Å²) in [7, 11) is -2.60. The van der Waals surface area contributed by atoms with E-state index in [0.29, 0.717) is 5.02 Å². The van der Waals surface area contributed by atoms with Crippen LogP contribution in [-0.2, 0) is 14.8 Å². The number of aryl methyl sites for hydroxylation is 1. The number of methoxy groups -OCH3 is 1. The molecule has 22 heavy (non-hydrogen) atoms. The summed E-state index contributed by atoms with van der Waals surface area (Å²) in [6.07, 6.45) is 0. The molecule has 7 heteroatoms. The van der Waals surface area contributed by atoms with E-state index in [-0.39, 0.29) is 16.1 Å². The number of sulfonamides is 1. The van der Waals surface area contributed by atoms with E-state index >= 15 is 0 Å². The van der Waals surface area contributed by atoms with Crippen molar-refractivity contribution < 1.29 is 17.9 Å². The minimum absolute atomic E-state index is 0.0474. The summed E-state index contributed by atoms with van der Waals surface area (Å²) in [6, 6.07) is 10.7. The highest BCUT2D eigenvalue weighted by Gasteiger charge is 2.19. The summed E-state index contributed by atoms with van der Waals surface area (Å²) in [5.41, 5.74) is 0.969. The Bertz CT molecular complexity index is 818. The summed E-state index contributed by atoms with van der Waals surface area (Å²) >= 11 is 5.84. The largest absolute Gasteiger partial charge is 0.465 e. The fourth-order valence-electron chi connectivity index (χ4n) is 1.87. The van der Waals surface area contributed by atoms with Gasteiger partial charge in [0.2, 0.25) is 0 Å². The minimum atomic E-state index is -3.81. The predicted octanol–water partition coefficient (Wildman–Crippen LogP) is 3.24. The maximum absolute atomic E-state index is 12.4. The monoisotopic (exact) mass is 339 g/mol. The number of carbonyl (C=O) groups excluding carboxylic acids is 1. The molecular weight excluding hydrogens is 326 g/mol. The van der Waals surface area contributed by atoms with Crippen LogP contribution in [0.1, 0.15) is 15.9 Å². The molecule has 0 aliphatic heterocycles. The zero-order valence-corrected chi connectivity index (χ0v) is 13.5. The second-order valence-electron chi connectivity index (χ2n) is 4.60. The molecule has 0 saturated carbocycles. The smallest absolute Gasteiger partial charge is 0.340 e. The Morgan fingerprint density at radius 1 is 1.18 bits per heavy atom. The van der Waals surface area contributed by atoms with Gasteiger partial charge in [0.15, 0.2) is 0 Å². The van der Waals surface area contributed by atoms with Crippen LogP contribution < -0.4 is 4.72 Å². The maximum Gasteiger partial charge on any atom is 0.340 e. The van der Waals surface area contributed by atoms with E-state index in [1.807, 2.05) is 0 Å². The standard InChI is InChI=1S/C15H14ClNO4S/c1-10-4-3-5-12(8-10)22(19,20)17-14-7-6-11(16)9-13(14)15(18)21-2/h3-9,17H,1-2H3. The minimum Gasteiger partial charge on any atom is -0.465 e. The lowest BCUT2D eigenvalue weighted by atomic mass is 10.2. The molecule has 0 aliphatic carbocycles. The number of halogens is 1. The quantitative estimate of drug-likeness (QED) is 0.868. The Kier molecular flexibility index (Phi) is 4.73. The Morgan fingerprint density at radius 3 is 2.55 bits per heavy atom. The lowest BCUT2D eigenvalue weighted by Gasteiger charge is -2.12. The summed E-state index contributed by atoms with van der Waals surface area (Å²) in [4.78, 5) is 11.9. The molecule has 0 radical (unpaired) electrons. The van der Waals surface area contributed by atoms with Crippen molar-refractivity contribution in [3.63, 3.8) is 0 Å². The van der Waals surface area contributed by atoms with Crippen LogP contribution in [0, 0.1) is 6.92 Å². The van der Waals surface area contributed by atoms with Gasteiger partial charge in [-0.1, -0.05) is 23.7 Å². The van der Waals surface area contributed by atoms with E-state index in [1.165, 1.54) is 37.4 Å². The zero-order valence-electron chi connectivity index (χ0n) is 12.0. The van der Waals surface area contributed by atoms with Crippen LogP contribution >= 0.6 is 11.6 Å². The summed E-state index contributed by atoms with van der Waals surface area (Å²) in [5, 5.41) is 0.305. The average Bonchev–Trinajstić information content (AvgIpc) is 2.48. The van der Waals surface area contributed by atoms with Crippen molar-refractivity contribution in [3.05, 3.63) is 58.6 Å². The second kappa shape index (κ2) is 6.37. The van der Waals surface area contributed by atoms with Gasteiger partial charge in [0.05, 0.1) is 23.3 Å². The number of hydrogen-bond donors (Lipinski definition) is 1. The number of hydrogen-bond acceptors (Lipinski definition) is 4. The molecule has 0 aliphatic rings. The van der Waals surface area contributed by atoms with Gasteiger partial charge < -0.3 is 4.74 Å². The molecule has 2 aromatic rings. The lowest BCUT2D eigenvalue weighted by molar-refractivity contribution is 0.0602. The van der Waals surface area contributed by atoms with Crippen molar-refractivity contribution in [2.24, 2.45) is 0 Å². The highest BCUT2D eigenvalue weighted by atomic mass is 35.5. The maximum atomic E-state index is 12.4. The fraction of sp³-hybridized carbons (Fsp3) is 0.133. The number of ether oxygens (including phenoxy) is 1. The van der Waals surface area contributed by atoms with E-state index in [2.05, 4.69) is 9.46 Å². The Morgan fingerprint density at radius 2 is 1.91 bits per heavy atom. The first-order chi connectivity index (χ1) is 10.3. The summed E-state index contributed by atoms with van der Waals surface area (Å²) < 4.78 is 31.8. The molecule has 2 rings (SSSR count). The molecule has 1 N–H and O–H groups in total. The van der Waals surface area contributed by atoms with Gasteiger partial charge in [-0.15, -0.1) is 0 Å². The van der Waals surface area contributed by atoms with Crippen LogP contribution in [0.25, 0.3) is 0 Å². The van der Waals surface area contributed by atoms with E-state index < -0.39 is 16.0 Å². The third-order valence-corrected chi connectivity index (χ3v) is 4.53. The van der Waals surface area contributed by atoms with Crippen molar-refractivity contribution >= 4 is 33.3 Å². The van der Waals surface area contributed by atoms with Gasteiger partial charge in [-0.05, 0) is 42.8 Å². The number of esters is 1. The van der Waals surface area contributed by atoms with Gasteiger partial charge in [0, 0.05) is 5.02 Å². The number of anilines is 1. The third-order valence-electron chi connectivity index (χ3n) is 2.93. The molecule has 116 valence electrons. The van der Waals surface area contributed by atoms with E-state index in [9.17, 15) is 13.2 Å². The molecule has 2 aromatic carbocycles. The molecule has 0 saturated heterocycles. The topological polar surface area (TPSA) is 72.5 Å². The van der Waals surface area contributed by atoms with Crippen molar-refractivity contribution in [1.29, 1.82) is 0 Å². The summed E-state index contributed by atoms with van der Waals surface area (Å²) in [6.45, 7) is 1.79. The molecule has 0 fully saturated rings. The van der Waals surface area contributed by atoms with Gasteiger partial charge >= 0.3 is 5.97 Å². The van der Waals surface area contributed by atoms with Crippen LogP contribution in [0.2, 0.25) is 5.02 Å². The first-order valence-corrected chi connectivity index (χ1v) is 8.17.